The van der Waals surface area contributed by atoms with Crippen molar-refractivity contribution in [1.29, 1.82) is 0 Å². The summed E-state index contributed by atoms with van der Waals surface area (Å²) in [4.78, 5) is 12.0. The Hall–Kier alpha value is -1.55. The quantitative estimate of drug-likeness (QED) is 0.781. The fraction of sp³-hybridized carbons (Fsp3) is 0.500. The number of amides is 1. The molecule has 1 aromatic carbocycles. The zero-order valence-electron chi connectivity index (χ0n) is 11.1. The van der Waals surface area contributed by atoms with Gasteiger partial charge in [-0.25, -0.2) is 5.43 Å². The highest BCUT2D eigenvalue weighted by molar-refractivity contribution is 5.90. The van der Waals surface area contributed by atoms with Crippen molar-refractivity contribution in [1.82, 2.24) is 10.9 Å². The summed E-state index contributed by atoms with van der Waals surface area (Å²) in [6, 6.07) is 7.84. The number of nitrogens with one attached hydrogen (secondary N) is 2. The first-order chi connectivity index (χ1) is 8.58. The van der Waals surface area contributed by atoms with Gasteiger partial charge < -0.3 is 4.74 Å². The summed E-state index contributed by atoms with van der Waals surface area (Å²) in [5, 5.41) is 0. The molecule has 1 aliphatic carbocycles. The lowest BCUT2D eigenvalue weighted by molar-refractivity contribution is -0.124. The fourth-order valence-electron chi connectivity index (χ4n) is 2.13. The van der Waals surface area contributed by atoms with E-state index in [0.29, 0.717) is 0 Å². The summed E-state index contributed by atoms with van der Waals surface area (Å²) in [5.74, 6) is 0.890. The van der Waals surface area contributed by atoms with Crippen LogP contribution in [-0.4, -0.2) is 19.1 Å². The Kier molecular flexibility index (Phi) is 3.57. The highest BCUT2D eigenvalue weighted by Gasteiger charge is 2.51. The van der Waals surface area contributed by atoms with Crippen LogP contribution in [0.5, 0.6) is 5.75 Å². The molecule has 4 heteroatoms. The Labute approximate surface area is 108 Å². The molecule has 0 spiro atoms. The van der Waals surface area contributed by atoms with Gasteiger partial charge in [-0.05, 0) is 44.4 Å². The van der Waals surface area contributed by atoms with Gasteiger partial charge in [0.15, 0.2) is 0 Å². The first-order valence-corrected chi connectivity index (χ1v) is 6.33. The lowest BCUT2D eigenvalue weighted by Gasteiger charge is -2.16. The second-order valence-corrected chi connectivity index (χ2v) is 4.98. The van der Waals surface area contributed by atoms with E-state index in [9.17, 15) is 4.79 Å². The normalized spacial score (nSPS) is 16.4. The summed E-state index contributed by atoms with van der Waals surface area (Å²) < 4.78 is 5.60. The first-order valence-electron chi connectivity index (χ1n) is 6.33. The third-order valence-corrected chi connectivity index (χ3v) is 3.20. The van der Waals surface area contributed by atoms with Crippen molar-refractivity contribution < 1.29 is 9.53 Å². The minimum absolute atomic E-state index is 0.0440. The van der Waals surface area contributed by atoms with E-state index in [1.807, 2.05) is 38.1 Å². The summed E-state index contributed by atoms with van der Waals surface area (Å²) in [7, 11) is 1.70. The Morgan fingerprint density at radius 1 is 1.28 bits per heavy atom. The molecule has 0 aromatic heterocycles. The van der Waals surface area contributed by atoms with Crippen LogP contribution in [0.15, 0.2) is 24.3 Å². The number of benzene rings is 1. The molecule has 0 atom stereocenters. The van der Waals surface area contributed by atoms with E-state index in [2.05, 4.69) is 10.9 Å². The topological polar surface area (TPSA) is 50.4 Å². The molecule has 1 amide bonds. The molecule has 1 aromatic rings. The molecule has 18 heavy (non-hydrogen) atoms. The Morgan fingerprint density at radius 2 is 1.89 bits per heavy atom. The molecule has 1 saturated carbocycles. The maximum Gasteiger partial charge on any atom is 0.244 e. The van der Waals surface area contributed by atoms with Gasteiger partial charge in [-0.15, -0.1) is 0 Å². The van der Waals surface area contributed by atoms with Crippen molar-refractivity contribution in [2.75, 3.05) is 7.05 Å². The molecule has 1 fully saturated rings. The Balaban J connectivity index is 2.12. The van der Waals surface area contributed by atoms with Gasteiger partial charge in [0.1, 0.15) is 5.75 Å². The van der Waals surface area contributed by atoms with Crippen molar-refractivity contribution in [3.63, 3.8) is 0 Å². The van der Waals surface area contributed by atoms with Gasteiger partial charge in [0.2, 0.25) is 5.91 Å². The van der Waals surface area contributed by atoms with Crippen LogP contribution in [0.2, 0.25) is 0 Å². The summed E-state index contributed by atoms with van der Waals surface area (Å²) in [6.07, 6.45) is 1.98. The molecular weight excluding hydrogens is 228 g/mol. The molecule has 0 heterocycles. The number of hydrogen-bond acceptors (Lipinski definition) is 3. The van der Waals surface area contributed by atoms with E-state index in [1.165, 1.54) is 0 Å². The van der Waals surface area contributed by atoms with Crippen LogP contribution in [0.4, 0.5) is 0 Å². The standard InChI is InChI=1S/C14H20N2O2/c1-10(2)18-12-6-4-11(5-7-12)14(8-9-14)13(17)16-15-3/h4-7,10,15H,8-9H2,1-3H3,(H,16,17). The Morgan fingerprint density at radius 3 is 2.33 bits per heavy atom. The molecule has 0 unspecified atom stereocenters. The Bertz CT molecular complexity index is 422. The van der Waals surface area contributed by atoms with Gasteiger partial charge in [-0.1, -0.05) is 12.1 Å². The van der Waals surface area contributed by atoms with Crippen LogP contribution in [-0.2, 0) is 10.2 Å². The molecule has 0 saturated heterocycles. The maximum absolute atomic E-state index is 12.0. The molecule has 98 valence electrons. The predicted molar refractivity (Wildman–Crippen MR) is 70.3 cm³/mol. The minimum atomic E-state index is -0.334. The summed E-state index contributed by atoms with van der Waals surface area (Å²) in [6.45, 7) is 3.99. The van der Waals surface area contributed by atoms with Crippen LogP contribution in [0, 0.1) is 0 Å². The van der Waals surface area contributed by atoms with Gasteiger partial charge in [-0.2, -0.15) is 0 Å². The molecule has 0 aliphatic heterocycles. The van der Waals surface area contributed by atoms with Crippen molar-refractivity contribution in [3.8, 4) is 5.75 Å². The van der Waals surface area contributed by atoms with Crippen molar-refractivity contribution in [2.24, 2.45) is 0 Å². The number of hydrogen-bond donors (Lipinski definition) is 2. The SMILES string of the molecule is CNNC(=O)C1(c2ccc(OC(C)C)cc2)CC1. The van der Waals surface area contributed by atoms with E-state index >= 15 is 0 Å². The van der Waals surface area contributed by atoms with Crippen molar-refractivity contribution >= 4 is 5.91 Å². The molecule has 4 nitrogen and oxygen atoms in total. The summed E-state index contributed by atoms with van der Waals surface area (Å²) in [5.41, 5.74) is 6.10. The van der Waals surface area contributed by atoms with Gasteiger partial charge in [0.25, 0.3) is 0 Å². The first kappa shape index (κ1) is 12.9. The number of ether oxygens (including phenoxy) is 1. The van der Waals surface area contributed by atoms with E-state index in [1.54, 1.807) is 7.05 Å². The van der Waals surface area contributed by atoms with Gasteiger partial charge in [0, 0.05) is 7.05 Å². The predicted octanol–water partition coefficient (Wildman–Crippen LogP) is 1.76. The molecule has 2 N–H and O–H groups in total. The van der Waals surface area contributed by atoms with E-state index in [-0.39, 0.29) is 17.4 Å². The minimum Gasteiger partial charge on any atom is -0.491 e. The maximum atomic E-state index is 12.0. The van der Waals surface area contributed by atoms with Crippen molar-refractivity contribution in [3.05, 3.63) is 29.8 Å². The number of hydrazine groups is 1. The third-order valence-electron chi connectivity index (χ3n) is 3.20. The zero-order valence-corrected chi connectivity index (χ0v) is 11.1. The lowest BCUT2D eigenvalue weighted by Crippen LogP contribution is -2.41. The van der Waals surface area contributed by atoms with Crippen LogP contribution in [0.1, 0.15) is 32.3 Å². The zero-order chi connectivity index (χ0) is 13.2. The molecule has 0 radical (unpaired) electrons. The highest BCUT2D eigenvalue weighted by atomic mass is 16.5. The van der Waals surface area contributed by atoms with Gasteiger partial charge >= 0.3 is 0 Å². The van der Waals surface area contributed by atoms with E-state index in [0.717, 1.165) is 24.2 Å². The third kappa shape index (κ3) is 2.48. The number of carbonyl (C=O) groups excluding carboxylic acids is 1. The monoisotopic (exact) mass is 248 g/mol. The lowest BCUT2D eigenvalue weighted by atomic mass is 9.95. The smallest absolute Gasteiger partial charge is 0.244 e. The number of carbonyl (C=O) groups is 1. The largest absolute Gasteiger partial charge is 0.491 e. The average Bonchev–Trinajstić information content (AvgIpc) is 3.11. The van der Waals surface area contributed by atoms with Crippen molar-refractivity contribution in [2.45, 2.75) is 38.2 Å². The number of rotatable bonds is 5. The molecular formula is C14H20N2O2. The summed E-state index contributed by atoms with van der Waals surface area (Å²) >= 11 is 0. The van der Waals surface area contributed by atoms with Gasteiger partial charge in [-0.3, -0.25) is 10.2 Å². The van der Waals surface area contributed by atoms with Crippen LogP contribution in [0.25, 0.3) is 0 Å². The average molecular weight is 248 g/mol. The van der Waals surface area contributed by atoms with Gasteiger partial charge in [0.05, 0.1) is 11.5 Å². The molecule has 1 aliphatic rings. The second kappa shape index (κ2) is 4.98. The highest BCUT2D eigenvalue weighted by Crippen LogP contribution is 2.48. The fourth-order valence-corrected chi connectivity index (χ4v) is 2.13. The molecule has 2 rings (SSSR count). The molecule has 0 bridgehead atoms. The van der Waals surface area contributed by atoms with E-state index < -0.39 is 0 Å². The van der Waals surface area contributed by atoms with Crippen LogP contribution < -0.4 is 15.6 Å². The van der Waals surface area contributed by atoms with E-state index in [4.69, 9.17) is 4.74 Å². The second-order valence-electron chi connectivity index (χ2n) is 4.98. The van der Waals surface area contributed by atoms with Crippen LogP contribution in [0.3, 0.4) is 0 Å². The van der Waals surface area contributed by atoms with Crippen LogP contribution >= 0.6 is 0 Å².